The van der Waals surface area contributed by atoms with Gasteiger partial charge in [-0.3, -0.25) is 19.5 Å². The summed E-state index contributed by atoms with van der Waals surface area (Å²) in [4.78, 5) is 31.4. The number of carbonyl (C=O) groups is 2. The number of rotatable bonds is 8. The summed E-state index contributed by atoms with van der Waals surface area (Å²) in [6.45, 7) is 7.47. The molecule has 2 heterocycles. The van der Waals surface area contributed by atoms with Crippen molar-refractivity contribution in [1.82, 2.24) is 9.88 Å². The van der Waals surface area contributed by atoms with E-state index in [1.807, 2.05) is 64.1 Å². The van der Waals surface area contributed by atoms with Crippen LogP contribution in [0.4, 0.5) is 0 Å². The zero-order valence-corrected chi connectivity index (χ0v) is 22.8. The molecule has 7 heteroatoms. The highest BCUT2D eigenvalue weighted by Gasteiger charge is 2.53. The van der Waals surface area contributed by atoms with Crippen LogP contribution in [0.5, 0.6) is 5.75 Å². The van der Waals surface area contributed by atoms with Crippen LogP contribution in [0.25, 0.3) is 11.6 Å². The molecule has 4 atom stereocenters. The summed E-state index contributed by atoms with van der Waals surface area (Å²) in [7, 11) is 1.50. The quantitative estimate of drug-likeness (QED) is 0.355. The fraction of sp³-hybridized carbons (Fsp3) is 0.452. The molecule has 1 fully saturated rings. The normalized spacial score (nSPS) is 22.9. The second kappa shape index (κ2) is 11.2. The molecule has 0 unspecified atom stereocenters. The minimum absolute atomic E-state index is 0.0669. The number of phenolic OH excluding ortho intramolecular Hbond substituents is 1. The van der Waals surface area contributed by atoms with Gasteiger partial charge in [-0.05, 0) is 97.2 Å². The highest BCUT2D eigenvalue weighted by Crippen LogP contribution is 2.47. The molecule has 3 N–H and O–H groups in total. The molecule has 1 aromatic heterocycles. The average Bonchev–Trinajstić information content (AvgIpc) is 3.12. The van der Waals surface area contributed by atoms with Crippen LogP contribution in [-0.4, -0.2) is 56.8 Å². The molecule has 7 nitrogen and oxygen atoms in total. The van der Waals surface area contributed by atoms with Gasteiger partial charge >= 0.3 is 0 Å². The summed E-state index contributed by atoms with van der Waals surface area (Å²) < 4.78 is 0. The van der Waals surface area contributed by atoms with Gasteiger partial charge in [-0.15, -0.1) is 0 Å². The number of aryl methyl sites for hydroxylation is 2. The van der Waals surface area contributed by atoms with Crippen molar-refractivity contribution >= 4 is 23.5 Å². The number of aromatic hydroxyl groups is 1. The number of carbonyl (C=O) groups excluding carboxylic acids is 2. The van der Waals surface area contributed by atoms with Crippen molar-refractivity contribution in [2.45, 2.75) is 53.1 Å². The molecule has 2 aliphatic rings. The number of likely N-dealkylation sites (tertiary alicyclic amines) is 1. The molecular weight excluding hydrogens is 480 g/mol. The Balaban J connectivity index is 1.68. The van der Waals surface area contributed by atoms with Gasteiger partial charge in [-0.2, -0.15) is 0 Å². The number of allylic oxidation sites excluding steroid dienone is 2. The Labute approximate surface area is 224 Å². The number of aromatic nitrogens is 1. The van der Waals surface area contributed by atoms with Crippen LogP contribution < -0.4 is 0 Å². The van der Waals surface area contributed by atoms with Gasteiger partial charge in [0.15, 0.2) is 0 Å². The number of nitrogens with zero attached hydrogens (tertiary/aromatic N) is 2. The van der Waals surface area contributed by atoms with Crippen LogP contribution in [0.1, 0.15) is 55.5 Å². The van der Waals surface area contributed by atoms with Crippen molar-refractivity contribution in [3.05, 3.63) is 70.1 Å². The Morgan fingerprint density at radius 3 is 2.42 bits per heavy atom. The fourth-order valence-electron chi connectivity index (χ4n) is 6.15. The van der Waals surface area contributed by atoms with Crippen LogP contribution in [0.15, 0.2) is 47.7 Å². The van der Waals surface area contributed by atoms with Gasteiger partial charge in [0.2, 0.25) is 11.8 Å². The van der Waals surface area contributed by atoms with E-state index >= 15 is 0 Å². The number of fused-ring (bicyclic) bond motifs is 1. The number of hydrogen-bond acceptors (Lipinski definition) is 6. The van der Waals surface area contributed by atoms with Gasteiger partial charge in [-0.25, -0.2) is 0 Å². The monoisotopic (exact) mass is 518 g/mol. The topological polar surface area (TPSA) is 111 Å². The minimum atomic E-state index is -0.880. The zero-order valence-electron chi connectivity index (χ0n) is 22.8. The lowest BCUT2D eigenvalue weighted by Crippen LogP contribution is -2.39. The Morgan fingerprint density at radius 2 is 1.84 bits per heavy atom. The van der Waals surface area contributed by atoms with Crippen molar-refractivity contribution in [3.8, 4) is 5.75 Å². The molecule has 202 valence electrons. The van der Waals surface area contributed by atoms with E-state index in [2.05, 4.69) is 4.98 Å². The van der Waals surface area contributed by atoms with Crippen molar-refractivity contribution in [2.24, 2.45) is 23.7 Å². The molecule has 38 heavy (non-hydrogen) atoms. The Morgan fingerprint density at radius 1 is 1.16 bits per heavy atom. The Bertz CT molecular complexity index is 1260. The van der Waals surface area contributed by atoms with Crippen molar-refractivity contribution in [2.75, 3.05) is 13.7 Å². The van der Waals surface area contributed by atoms with Crippen LogP contribution in [0.2, 0.25) is 0 Å². The van der Waals surface area contributed by atoms with Crippen molar-refractivity contribution in [3.63, 3.8) is 0 Å². The molecule has 1 aliphatic heterocycles. The van der Waals surface area contributed by atoms with Crippen LogP contribution in [0.3, 0.4) is 0 Å². The lowest BCUT2D eigenvalue weighted by Gasteiger charge is -2.38. The third-order valence-corrected chi connectivity index (χ3v) is 8.13. The standard InChI is InChI=1S/C31H38N2O5/c1-17(2)22-15-23-28(31(38)33(5)30(23)37)24(16-34)27(22)26(35)10-9-21(25-8-6-7-11-32-25)14-20-12-18(3)29(36)19(4)13-20/h6-8,11-14,17,23-24,26,28,34-36H,9-10,15-16H2,1-5H3/b21-14-/t23-,24+,26-,28-/m1/s1. The van der Waals surface area contributed by atoms with E-state index in [-0.39, 0.29) is 30.1 Å². The summed E-state index contributed by atoms with van der Waals surface area (Å²) in [5.41, 5.74) is 5.89. The molecule has 0 radical (unpaired) electrons. The predicted molar refractivity (Wildman–Crippen MR) is 147 cm³/mol. The van der Waals surface area contributed by atoms with E-state index in [1.165, 1.54) is 11.9 Å². The van der Waals surface area contributed by atoms with Crippen molar-refractivity contribution in [1.29, 1.82) is 0 Å². The molecule has 0 saturated carbocycles. The summed E-state index contributed by atoms with van der Waals surface area (Å²) in [5.74, 6) is -1.85. The SMILES string of the molecule is Cc1cc(/C=C(/CC[C@@H](O)C2=C(C(C)C)C[C@H]3C(=O)N(C)C(=O)[C@H]3[C@H]2CO)c2ccccn2)cc(C)c1O. The number of phenols is 1. The average molecular weight is 519 g/mol. The van der Waals surface area contributed by atoms with Gasteiger partial charge in [0, 0.05) is 19.2 Å². The molecule has 1 saturated heterocycles. The van der Waals surface area contributed by atoms with E-state index in [0.717, 1.165) is 33.5 Å². The summed E-state index contributed by atoms with van der Waals surface area (Å²) in [6.07, 6.45) is 4.18. The van der Waals surface area contributed by atoms with Gasteiger partial charge in [0.25, 0.3) is 0 Å². The third kappa shape index (κ3) is 5.18. The first kappa shape index (κ1) is 27.7. The minimum Gasteiger partial charge on any atom is -0.507 e. The molecule has 2 aromatic rings. The third-order valence-electron chi connectivity index (χ3n) is 8.13. The first-order chi connectivity index (χ1) is 18.0. The van der Waals surface area contributed by atoms with E-state index in [0.29, 0.717) is 24.8 Å². The van der Waals surface area contributed by atoms with Gasteiger partial charge < -0.3 is 15.3 Å². The predicted octanol–water partition coefficient (Wildman–Crippen LogP) is 4.28. The first-order valence-corrected chi connectivity index (χ1v) is 13.3. The van der Waals surface area contributed by atoms with Crippen LogP contribution in [-0.2, 0) is 9.59 Å². The Hall–Kier alpha value is -3.29. The Kier molecular flexibility index (Phi) is 8.19. The van der Waals surface area contributed by atoms with E-state index in [1.54, 1.807) is 6.20 Å². The van der Waals surface area contributed by atoms with Crippen molar-refractivity contribution < 1.29 is 24.9 Å². The molecule has 1 aliphatic carbocycles. The number of imide groups is 1. The highest BCUT2D eigenvalue weighted by molar-refractivity contribution is 6.05. The molecule has 4 rings (SSSR count). The number of pyridine rings is 1. The zero-order chi connectivity index (χ0) is 27.7. The number of hydrogen-bond donors (Lipinski definition) is 3. The molecule has 0 spiro atoms. The lowest BCUT2D eigenvalue weighted by molar-refractivity contribution is -0.138. The number of amides is 2. The van der Waals surface area contributed by atoms with Gasteiger partial charge in [-0.1, -0.05) is 25.5 Å². The maximum Gasteiger partial charge on any atom is 0.233 e. The molecule has 0 bridgehead atoms. The fourth-order valence-corrected chi connectivity index (χ4v) is 6.15. The molecule has 1 aromatic carbocycles. The largest absolute Gasteiger partial charge is 0.507 e. The van der Waals surface area contributed by atoms with Gasteiger partial charge in [0.1, 0.15) is 5.75 Å². The van der Waals surface area contributed by atoms with Crippen LogP contribution >= 0.6 is 0 Å². The maximum atomic E-state index is 13.0. The summed E-state index contributed by atoms with van der Waals surface area (Å²) in [6, 6.07) is 9.54. The second-order valence-corrected chi connectivity index (χ2v) is 10.9. The van der Waals surface area contributed by atoms with E-state index < -0.39 is 23.9 Å². The highest BCUT2D eigenvalue weighted by atomic mass is 16.3. The maximum absolute atomic E-state index is 13.0. The lowest BCUT2D eigenvalue weighted by atomic mass is 9.66. The van der Waals surface area contributed by atoms with Crippen LogP contribution in [0, 0.1) is 37.5 Å². The molecular formula is C31H38N2O5. The van der Waals surface area contributed by atoms with Gasteiger partial charge in [0.05, 0.1) is 30.2 Å². The molecule has 2 amide bonds. The number of aliphatic hydroxyl groups excluding tert-OH is 2. The summed E-state index contributed by atoms with van der Waals surface area (Å²) in [5, 5.41) is 32.2. The first-order valence-electron chi connectivity index (χ1n) is 13.3. The number of aliphatic hydroxyl groups is 2. The number of benzene rings is 1. The van der Waals surface area contributed by atoms with E-state index in [4.69, 9.17) is 0 Å². The second-order valence-electron chi connectivity index (χ2n) is 10.9. The van der Waals surface area contributed by atoms with E-state index in [9.17, 15) is 24.9 Å². The summed E-state index contributed by atoms with van der Waals surface area (Å²) >= 11 is 0. The smallest absolute Gasteiger partial charge is 0.233 e.